The molecular weight excluding hydrogens is 344 g/mol. The molecule has 2 saturated heterocycles. The zero-order valence-corrected chi connectivity index (χ0v) is 15.9. The highest BCUT2D eigenvalue weighted by Gasteiger charge is 2.56. The second-order valence-electron chi connectivity index (χ2n) is 7.51. The largest absolute Gasteiger partial charge is 0.341 e. The van der Waals surface area contributed by atoms with Crippen molar-refractivity contribution < 1.29 is 14.4 Å². The van der Waals surface area contributed by atoms with Crippen LogP contribution in [0.25, 0.3) is 0 Å². The van der Waals surface area contributed by atoms with E-state index in [1.807, 2.05) is 7.05 Å². The fourth-order valence-corrected chi connectivity index (χ4v) is 3.85. The van der Waals surface area contributed by atoms with Crippen LogP contribution in [-0.4, -0.2) is 66.4 Å². The Kier molecular flexibility index (Phi) is 6.32. The topological polar surface area (TPSA) is 81.8 Å². The summed E-state index contributed by atoms with van der Waals surface area (Å²) in [5, 5.41) is 5.95. The Morgan fingerprint density at radius 1 is 1.24 bits per heavy atom. The molecule has 2 N–H and O–H groups in total. The van der Waals surface area contributed by atoms with E-state index in [1.54, 1.807) is 11.8 Å². The Morgan fingerprint density at radius 3 is 2.44 bits per heavy atom. The van der Waals surface area contributed by atoms with Gasteiger partial charge >= 0.3 is 6.03 Å². The van der Waals surface area contributed by atoms with Crippen molar-refractivity contribution in [2.24, 2.45) is 11.8 Å². The monoisotopic (exact) mass is 372 g/mol. The van der Waals surface area contributed by atoms with Crippen LogP contribution in [0, 0.1) is 11.8 Å². The van der Waals surface area contributed by atoms with E-state index < -0.39 is 11.6 Å². The van der Waals surface area contributed by atoms with Crippen LogP contribution in [-0.2, 0) is 9.59 Å². The summed E-state index contributed by atoms with van der Waals surface area (Å²) < 4.78 is 0. The standard InChI is InChI=1S/C17H28N4O3.ClH/c1-17(13-3-4-13)15(23)21(16(24)19-17)11-14(22)20-9-6-12(7-10-20)5-8-18-2;/h12-13,18H,3-11H2,1-2H3,(H,19,24);1H. The summed E-state index contributed by atoms with van der Waals surface area (Å²) in [6.07, 6.45) is 5.04. The summed E-state index contributed by atoms with van der Waals surface area (Å²) >= 11 is 0. The third-order valence-corrected chi connectivity index (χ3v) is 5.76. The predicted molar refractivity (Wildman–Crippen MR) is 96.5 cm³/mol. The van der Waals surface area contributed by atoms with Crippen molar-refractivity contribution in [1.82, 2.24) is 20.4 Å². The van der Waals surface area contributed by atoms with E-state index >= 15 is 0 Å². The van der Waals surface area contributed by atoms with Crippen LogP contribution in [0.3, 0.4) is 0 Å². The van der Waals surface area contributed by atoms with Gasteiger partial charge in [0.1, 0.15) is 12.1 Å². The lowest BCUT2D eigenvalue weighted by Crippen LogP contribution is -2.48. The minimum atomic E-state index is -0.808. The fraction of sp³-hybridized carbons (Fsp3) is 0.824. The zero-order valence-electron chi connectivity index (χ0n) is 15.0. The molecule has 3 rings (SSSR count). The lowest BCUT2D eigenvalue weighted by molar-refractivity contribution is -0.139. The molecule has 2 heterocycles. The quantitative estimate of drug-likeness (QED) is 0.681. The molecule has 8 heteroatoms. The van der Waals surface area contributed by atoms with Crippen molar-refractivity contribution in [1.29, 1.82) is 0 Å². The Bertz CT molecular complexity index is 532. The number of rotatable bonds is 6. The first-order chi connectivity index (χ1) is 11.5. The van der Waals surface area contributed by atoms with Crippen LogP contribution in [0.15, 0.2) is 0 Å². The number of nitrogens with one attached hydrogen (secondary N) is 2. The zero-order chi connectivity index (χ0) is 17.3. The minimum absolute atomic E-state index is 0. The Hall–Kier alpha value is -1.34. The van der Waals surface area contributed by atoms with Crippen molar-refractivity contribution in [3.63, 3.8) is 0 Å². The molecule has 0 aromatic rings. The highest BCUT2D eigenvalue weighted by atomic mass is 35.5. The van der Waals surface area contributed by atoms with Crippen molar-refractivity contribution in [2.75, 3.05) is 33.2 Å². The summed E-state index contributed by atoms with van der Waals surface area (Å²) in [4.78, 5) is 40.1. The number of halogens is 1. The van der Waals surface area contributed by atoms with E-state index in [4.69, 9.17) is 0 Å². The maximum Gasteiger partial charge on any atom is 0.325 e. The maximum atomic E-state index is 12.6. The second kappa shape index (κ2) is 7.91. The van der Waals surface area contributed by atoms with Gasteiger partial charge in [-0.1, -0.05) is 0 Å². The maximum absolute atomic E-state index is 12.6. The van der Waals surface area contributed by atoms with Gasteiger partial charge < -0.3 is 15.5 Å². The molecule has 0 aromatic heterocycles. The molecule has 1 saturated carbocycles. The number of imide groups is 1. The van der Waals surface area contributed by atoms with Crippen LogP contribution in [0.5, 0.6) is 0 Å². The van der Waals surface area contributed by atoms with Gasteiger partial charge in [-0.25, -0.2) is 4.79 Å². The van der Waals surface area contributed by atoms with Crippen molar-refractivity contribution in [3.05, 3.63) is 0 Å². The predicted octanol–water partition coefficient (Wildman–Crippen LogP) is 0.977. The summed E-state index contributed by atoms with van der Waals surface area (Å²) in [6, 6.07) is -0.424. The number of carbonyl (C=O) groups is 3. The van der Waals surface area contributed by atoms with E-state index in [0.717, 1.165) is 56.6 Å². The van der Waals surface area contributed by atoms with Crippen LogP contribution in [0.4, 0.5) is 4.79 Å². The molecule has 1 unspecified atom stereocenters. The SMILES string of the molecule is CNCCC1CCN(C(=O)CN2C(=O)NC(C)(C3CC3)C2=O)CC1.Cl. The normalized spacial score (nSPS) is 27.3. The lowest BCUT2D eigenvalue weighted by atomic mass is 9.93. The lowest BCUT2D eigenvalue weighted by Gasteiger charge is -2.32. The van der Waals surface area contributed by atoms with Gasteiger partial charge in [0.05, 0.1) is 0 Å². The van der Waals surface area contributed by atoms with Crippen molar-refractivity contribution >= 4 is 30.3 Å². The smallest absolute Gasteiger partial charge is 0.325 e. The first-order valence-electron chi connectivity index (χ1n) is 9.02. The molecule has 1 atom stereocenters. The third-order valence-electron chi connectivity index (χ3n) is 5.76. The average molecular weight is 373 g/mol. The van der Waals surface area contributed by atoms with E-state index in [9.17, 15) is 14.4 Å². The number of likely N-dealkylation sites (tertiary alicyclic amines) is 1. The van der Waals surface area contributed by atoms with E-state index in [2.05, 4.69) is 10.6 Å². The van der Waals surface area contributed by atoms with E-state index in [-0.39, 0.29) is 36.7 Å². The molecule has 2 aliphatic heterocycles. The van der Waals surface area contributed by atoms with Gasteiger partial charge in [-0.2, -0.15) is 0 Å². The summed E-state index contributed by atoms with van der Waals surface area (Å²) in [5.41, 5.74) is -0.808. The molecule has 4 amide bonds. The summed E-state index contributed by atoms with van der Waals surface area (Å²) in [7, 11) is 1.95. The molecule has 0 bridgehead atoms. The number of urea groups is 1. The van der Waals surface area contributed by atoms with Gasteiger partial charge in [-0.15, -0.1) is 12.4 Å². The molecule has 0 radical (unpaired) electrons. The van der Waals surface area contributed by atoms with Crippen molar-refractivity contribution in [3.8, 4) is 0 Å². The Labute approximate surface area is 155 Å². The fourth-order valence-electron chi connectivity index (χ4n) is 3.85. The number of amides is 4. The number of nitrogens with zero attached hydrogens (tertiary/aromatic N) is 2. The molecule has 3 fully saturated rings. The number of piperidine rings is 1. The molecule has 142 valence electrons. The van der Waals surface area contributed by atoms with Crippen molar-refractivity contribution in [2.45, 2.75) is 44.6 Å². The number of hydrogen-bond donors (Lipinski definition) is 2. The van der Waals surface area contributed by atoms with E-state index in [0.29, 0.717) is 5.92 Å². The van der Waals surface area contributed by atoms with Crippen LogP contribution in [0.2, 0.25) is 0 Å². The highest BCUT2D eigenvalue weighted by Crippen LogP contribution is 2.42. The van der Waals surface area contributed by atoms with Crippen LogP contribution in [0.1, 0.15) is 39.0 Å². The summed E-state index contributed by atoms with van der Waals surface area (Å²) in [5.74, 6) is 0.506. The van der Waals surface area contributed by atoms with Gasteiger partial charge in [0.2, 0.25) is 5.91 Å². The molecule has 3 aliphatic rings. The van der Waals surface area contributed by atoms with Gasteiger partial charge in [-0.05, 0) is 64.5 Å². The molecule has 7 nitrogen and oxygen atoms in total. The van der Waals surface area contributed by atoms with Crippen LogP contribution >= 0.6 is 12.4 Å². The first kappa shape index (κ1) is 20.0. The van der Waals surface area contributed by atoms with Gasteiger partial charge in [0.15, 0.2) is 0 Å². The number of carbonyl (C=O) groups excluding carboxylic acids is 3. The second-order valence-corrected chi connectivity index (χ2v) is 7.51. The summed E-state index contributed by atoms with van der Waals surface area (Å²) in [6.45, 7) is 4.09. The van der Waals surface area contributed by atoms with Gasteiger partial charge in [0.25, 0.3) is 5.91 Å². The molecule has 0 aromatic carbocycles. The highest BCUT2D eigenvalue weighted by molar-refractivity contribution is 6.09. The first-order valence-corrected chi connectivity index (χ1v) is 9.02. The van der Waals surface area contributed by atoms with Crippen LogP contribution < -0.4 is 10.6 Å². The molecule has 25 heavy (non-hydrogen) atoms. The molecular formula is C17H29ClN4O3. The molecule has 0 spiro atoms. The average Bonchev–Trinajstić information content (AvgIpc) is 3.39. The Balaban J connectivity index is 0.00000225. The third kappa shape index (κ3) is 4.08. The van der Waals surface area contributed by atoms with E-state index in [1.165, 1.54) is 0 Å². The van der Waals surface area contributed by atoms with Gasteiger partial charge in [0, 0.05) is 13.1 Å². The molecule has 1 aliphatic carbocycles. The Morgan fingerprint density at radius 2 is 1.88 bits per heavy atom. The van der Waals surface area contributed by atoms with Gasteiger partial charge in [-0.3, -0.25) is 14.5 Å². The number of hydrogen-bond acceptors (Lipinski definition) is 4. The minimum Gasteiger partial charge on any atom is -0.341 e.